The van der Waals surface area contributed by atoms with Gasteiger partial charge in [-0.05, 0) is 35.9 Å². The lowest BCUT2D eigenvalue weighted by Gasteiger charge is -2.24. The van der Waals surface area contributed by atoms with E-state index in [0.29, 0.717) is 11.4 Å². The van der Waals surface area contributed by atoms with Crippen molar-refractivity contribution in [3.8, 4) is 5.75 Å². The Labute approximate surface area is 137 Å². The predicted octanol–water partition coefficient (Wildman–Crippen LogP) is 4.27. The third kappa shape index (κ3) is 2.78. The van der Waals surface area contributed by atoms with Gasteiger partial charge in [-0.3, -0.25) is 9.69 Å². The molecule has 1 saturated heterocycles. The second-order valence-corrected chi connectivity index (χ2v) is 6.28. The molecule has 0 aliphatic carbocycles. The number of ether oxygens (including phenoxy) is 1. The molecule has 1 fully saturated rings. The van der Waals surface area contributed by atoms with Gasteiger partial charge in [0.05, 0.1) is 17.9 Å². The van der Waals surface area contributed by atoms with Crippen LogP contribution in [0.3, 0.4) is 0 Å². The van der Waals surface area contributed by atoms with E-state index in [9.17, 15) is 9.18 Å². The van der Waals surface area contributed by atoms with Gasteiger partial charge >= 0.3 is 0 Å². The second-order valence-electron chi connectivity index (χ2n) is 4.80. The number of amides is 1. The Morgan fingerprint density at radius 1 is 1.32 bits per heavy atom. The van der Waals surface area contributed by atoms with Gasteiger partial charge in [0.15, 0.2) is 0 Å². The second kappa shape index (κ2) is 6.18. The smallest absolute Gasteiger partial charge is 0.238 e. The lowest BCUT2D eigenvalue weighted by Crippen LogP contribution is -2.27. The average molecular weight is 338 g/mol. The van der Waals surface area contributed by atoms with Crippen LogP contribution in [0.4, 0.5) is 10.1 Å². The van der Waals surface area contributed by atoms with Crippen LogP contribution in [0.5, 0.6) is 5.75 Å². The zero-order chi connectivity index (χ0) is 15.7. The molecule has 2 aromatic rings. The summed E-state index contributed by atoms with van der Waals surface area (Å²) in [5.74, 6) is 0.578. The van der Waals surface area contributed by atoms with Crippen LogP contribution < -0.4 is 9.64 Å². The van der Waals surface area contributed by atoms with Gasteiger partial charge in [-0.25, -0.2) is 4.39 Å². The average Bonchev–Trinajstić information content (AvgIpc) is 2.92. The third-order valence-corrected chi connectivity index (χ3v) is 4.93. The molecule has 1 amide bonds. The summed E-state index contributed by atoms with van der Waals surface area (Å²) in [6, 6.07) is 11.9. The van der Waals surface area contributed by atoms with Crippen LogP contribution in [0, 0.1) is 5.82 Å². The fourth-order valence-corrected chi connectivity index (χ4v) is 3.72. The van der Waals surface area contributed by atoms with E-state index in [1.54, 1.807) is 18.1 Å². The van der Waals surface area contributed by atoms with Crippen molar-refractivity contribution < 1.29 is 13.9 Å². The summed E-state index contributed by atoms with van der Waals surface area (Å²) in [6.45, 7) is 0. The highest BCUT2D eigenvalue weighted by molar-refractivity contribution is 8.00. The molecule has 0 N–H and O–H groups in total. The van der Waals surface area contributed by atoms with Gasteiger partial charge in [0, 0.05) is 5.69 Å². The molecule has 3 rings (SSSR count). The van der Waals surface area contributed by atoms with Crippen molar-refractivity contribution in [3.63, 3.8) is 0 Å². The molecule has 0 radical (unpaired) electrons. The monoisotopic (exact) mass is 337 g/mol. The van der Waals surface area contributed by atoms with Crippen LogP contribution in [-0.2, 0) is 4.79 Å². The van der Waals surface area contributed by atoms with E-state index in [1.165, 1.54) is 23.9 Å². The molecule has 0 unspecified atom stereocenters. The molecule has 1 heterocycles. The van der Waals surface area contributed by atoms with E-state index in [0.717, 1.165) is 11.3 Å². The highest BCUT2D eigenvalue weighted by atomic mass is 35.5. The predicted molar refractivity (Wildman–Crippen MR) is 87.1 cm³/mol. The molecule has 1 atom stereocenters. The van der Waals surface area contributed by atoms with Crippen molar-refractivity contribution in [2.24, 2.45) is 0 Å². The molecule has 0 bridgehead atoms. The minimum Gasteiger partial charge on any atom is -0.497 e. The van der Waals surface area contributed by atoms with Crippen LogP contribution in [0.15, 0.2) is 42.5 Å². The number of anilines is 1. The molecule has 6 heteroatoms. The van der Waals surface area contributed by atoms with Crippen LogP contribution in [0.2, 0.25) is 5.02 Å². The highest BCUT2D eigenvalue weighted by Crippen LogP contribution is 2.43. The number of nitrogens with zero attached hydrogens (tertiary/aromatic N) is 1. The molecule has 2 aromatic carbocycles. The SMILES string of the molecule is COc1cccc([C@H]2SCC(=O)N2c2ccc(F)c(Cl)c2)c1. The van der Waals surface area contributed by atoms with E-state index >= 15 is 0 Å². The molecule has 114 valence electrons. The number of benzene rings is 2. The first-order valence-electron chi connectivity index (χ1n) is 6.63. The normalized spacial score (nSPS) is 17.9. The highest BCUT2D eigenvalue weighted by Gasteiger charge is 2.34. The number of halogens is 2. The Morgan fingerprint density at radius 3 is 2.86 bits per heavy atom. The van der Waals surface area contributed by atoms with Crippen LogP contribution in [0.25, 0.3) is 0 Å². The van der Waals surface area contributed by atoms with E-state index in [2.05, 4.69) is 0 Å². The molecule has 22 heavy (non-hydrogen) atoms. The summed E-state index contributed by atoms with van der Waals surface area (Å²) in [7, 11) is 1.60. The molecule has 3 nitrogen and oxygen atoms in total. The lowest BCUT2D eigenvalue weighted by molar-refractivity contribution is -0.115. The summed E-state index contributed by atoms with van der Waals surface area (Å²) in [5, 5.41) is -0.171. The maximum absolute atomic E-state index is 13.3. The zero-order valence-corrected chi connectivity index (χ0v) is 13.3. The first-order chi connectivity index (χ1) is 10.6. The van der Waals surface area contributed by atoms with E-state index < -0.39 is 5.82 Å². The summed E-state index contributed by atoms with van der Waals surface area (Å²) >= 11 is 7.36. The first-order valence-corrected chi connectivity index (χ1v) is 8.05. The van der Waals surface area contributed by atoms with Crippen molar-refractivity contribution in [1.29, 1.82) is 0 Å². The molecule has 0 aromatic heterocycles. The summed E-state index contributed by atoms with van der Waals surface area (Å²) in [6.07, 6.45) is 0. The molecule has 1 aliphatic rings. The molecule has 0 spiro atoms. The van der Waals surface area contributed by atoms with Gasteiger partial charge in [0.1, 0.15) is 16.9 Å². The molecule has 0 saturated carbocycles. The maximum Gasteiger partial charge on any atom is 0.238 e. The van der Waals surface area contributed by atoms with Crippen molar-refractivity contribution in [1.82, 2.24) is 0 Å². The summed E-state index contributed by atoms with van der Waals surface area (Å²) in [5.41, 5.74) is 1.55. The van der Waals surface area contributed by atoms with Gasteiger partial charge in [-0.1, -0.05) is 23.7 Å². The van der Waals surface area contributed by atoms with E-state index in [1.807, 2.05) is 24.3 Å². The van der Waals surface area contributed by atoms with Gasteiger partial charge in [0.2, 0.25) is 5.91 Å². The molecular weight excluding hydrogens is 325 g/mol. The van der Waals surface area contributed by atoms with Crippen molar-refractivity contribution in [2.45, 2.75) is 5.37 Å². The van der Waals surface area contributed by atoms with Gasteiger partial charge in [-0.2, -0.15) is 0 Å². The van der Waals surface area contributed by atoms with Crippen LogP contribution in [0.1, 0.15) is 10.9 Å². The number of carbonyl (C=O) groups excluding carboxylic acids is 1. The molecular formula is C16H13ClFNO2S. The maximum atomic E-state index is 13.3. The van der Waals surface area contributed by atoms with Crippen molar-refractivity contribution >= 4 is 35.0 Å². The minimum atomic E-state index is -0.498. The Kier molecular flexibility index (Phi) is 4.27. The Bertz CT molecular complexity index is 725. The number of hydrogen-bond donors (Lipinski definition) is 0. The van der Waals surface area contributed by atoms with Crippen molar-refractivity contribution in [3.05, 3.63) is 58.9 Å². The Hall–Kier alpha value is -1.72. The standard InChI is InChI=1S/C16H13ClFNO2S/c1-21-12-4-2-3-10(7-12)16-19(15(20)9-22-16)11-5-6-14(18)13(17)8-11/h2-8,16H,9H2,1H3/t16-/m1/s1. The van der Waals surface area contributed by atoms with Gasteiger partial charge in [-0.15, -0.1) is 11.8 Å². The number of carbonyl (C=O) groups is 1. The van der Waals surface area contributed by atoms with Crippen LogP contribution >= 0.6 is 23.4 Å². The minimum absolute atomic E-state index is 0.00610. The Morgan fingerprint density at radius 2 is 2.14 bits per heavy atom. The van der Waals surface area contributed by atoms with Crippen LogP contribution in [-0.4, -0.2) is 18.8 Å². The molecule has 1 aliphatic heterocycles. The van der Waals surface area contributed by atoms with Gasteiger partial charge < -0.3 is 4.74 Å². The van der Waals surface area contributed by atoms with E-state index in [4.69, 9.17) is 16.3 Å². The van der Waals surface area contributed by atoms with Gasteiger partial charge in [0.25, 0.3) is 0 Å². The lowest BCUT2D eigenvalue weighted by atomic mass is 10.1. The summed E-state index contributed by atoms with van der Waals surface area (Å²) in [4.78, 5) is 13.9. The van der Waals surface area contributed by atoms with Crippen molar-refractivity contribution in [2.75, 3.05) is 17.8 Å². The first kappa shape index (κ1) is 15.2. The third-order valence-electron chi connectivity index (χ3n) is 3.43. The largest absolute Gasteiger partial charge is 0.497 e. The topological polar surface area (TPSA) is 29.5 Å². The van der Waals surface area contributed by atoms with E-state index in [-0.39, 0.29) is 16.3 Å². The quantitative estimate of drug-likeness (QED) is 0.837. The fourth-order valence-electron chi connectivity index (χ4n) is 2.38. The number of hydrogen-bond acceptors (Lipinski definition) is 3. The number of methoxy groups -OCH3 is 1. The fraction of sp³-hybridized carbons (Fsp3) is 0.188. The number of rotatable bonds is 3. The number of thioether (sulfide) groups is 1. The zero-order valence-electron chi connectivity index (χ0n) is 11.8. The summed E-state index contributed by atoms with van der Waals surface area (Å²) < 4.78 is 18.6. The Balaban J connectivity index is 1.99.